The Bertz CT molecular complexity index is 1310. The Hall–Kier alpha value is -3.45. The number of methoxy groups -OCH3 is 1. The molecular formula is C23H21N3O3S. The molecular weight excluding hydrogens is 398 g/mol. The molecule has 6 nitrogen and oxygen atoms in total. The van der Waals surface area contributed by atoms with E-state index in [1.54, 1.807) is 11.7 Å². The predicted octanol–water partition coefficient (Wildman–Crippen LogP) is 3.98. The number of carbonyl (C=O) groups excluding carboxylic acids is 1. The van der Waals surface area contributed by atoms with E-state index in [4.69, 9.17) is 15.5 Å². The molecule has 2 N–H and O–H groups in total. The van der Waals surface area contributed by atoms with Crippen LogP contribution < -0.4 is 16.0 Å². The maximum absolute atomic E-state index is 13.6. The van der Waals surface area contributed by atoms with Gasteiger partial charge in [-0.05, 0) is 30.7 Å². The van der Waals surface area contributed by atoms with Gasteiger partial charge in [-0.2, -0.15) is 0 Å². The quantitative estimate of drug-likeness (QED) is 0.512. The standard InChI is InChI=1S/C23H21N3O3S/c1-14-5-3-7-16(11-14)21-25-22-20(23(28)26(21)10-9-19(24)27)18(13-30-22)15-6-4-8-17(12-15)29-2/h3-8,11-13H,9-10H2,1-2H3,(H2,24,27). The Morgan fingerprint density at radius 3 is 2.67 bits per heavy atom. The highest BCUT2D eigenvalue weighted by molar-refractivity contribution is 7.17. The van der Waals surface area contributed by atoms with E-state index < -0.39 is 5.91 Å². The molecule has 0 saturated carbocycles. The molecule has 0 fully saturated rings. The number of nitrogens with zero attached hydrogens (tertiary/aromatic N) is 2. The molecule has 0 aliphatic heterocycles. The normalized spacial score (nSPS) is 11.0. The van der Waals surface area contributed by atoms with Crippen LogP contribution in [0.3, 0.4) is 0 Å². The van der Waals surface area contributed by atoms with Crippen LogP contribution in [0.5, 0.6) is 5.75 Å². The number of benzene rings is 2. The highest BCUT2D eigenvalue weighted by Crippen LogP contribution is 2.34. The molecule has 4 rings (SSSR count). The summed E-state index contributed by atoms with van der Waals surface area (Å²) < 4.78 is 6.88. The lowest BCUT2D eigenvalue weighted by Crippen LogP contribution is -2.26. The van der Waals surface area contributed by atoms with Gasteiger partial charge in [0, 0.05) is 29.5 Å². The molecule has 0 spiro atoms. The van der Waals surface area contributed by atoms with Gasteiger partial charge >= 0.3 is 0 Å². The molecule has 7 heteroatoms. The Kier molecular flexibility index (Phi) is 5.37. The lowest BCUT2D eigenvalue weighted by molar-refractivity contribution is -0.118. The van der Waals surface area contributed by atoms with Crippen LogP contribution in [0.15, 0.2) is 58.7 Å². The van der Waals surface area contributed by atoms with Crippen LogP contribution in [0.2, 0.25) is 0 Å². The Balaban J connectivity index is 1.97. The molecule has 0 aliphatic rings. The second kappa shape index (κ2) is 8.12. The number of nitrogens with two attached hydrogens (primary N) is 1. The van der Waals surface area contributed by atoms with Crippen LogP contribution in [-0.4, -0.2) is 22.6 Å². The fraction of sp³-hybridized carbons (Fsp3) is 0.174. The van der Waals surface area contributed by atoms with Crippen molar-refractivity contribution in [2.75, 3.05) is 7.11 Å². The molecule has 0 radical (unpaired) electrons. The van der Waals surface area contributed by atoms with Crippen molar-refractivity contribution in [1.82, 2.24) is 9.55 Å². The molecule has 152 valence electrons. The van der Waals surface area contributed by atoms with E-state index in [1.165, 1.54) is 11.3 Å². The number of amides is 1. The summed E-state index contributed by atoms with van der Waals surface area (Å²) in [6.07, 6.45) is 0.0601. The molecule has 30 heavy (non-hydrogen) atoms. The number of aromatic nitrogens is 2. The van der Waals surface area contributed by atoms with Gasteiger partial charge in [-0.1, -0.05) is 35.9 Å². The molecule has 2 heterocycles. The van der Waals surface area contributed by atoms with E-state index in [-0.39, 0.29) is 18.5 Å². The summed E-state index contributed by atoms with van der Waals surface area (Å²) in [5.74, 6) is 0.789. The topological polar surface area (TPSA) is 87.2 Å². The predicted molar refractivity (Wildman–Crippen MR) is 120 cm³/mol. The summed E-state index contributed by atoms with van der Waals surface area (Å²) in [4.78, 5) is 30.5. The van der Waals surface area contributed by atoms with Crippen molar-refractivity contribution >= 4 is 27.5 Å². The Morgan fingerprint density at radius 1 is 1.17 bits per heavy atom. The van der Waals surface area contributed by atoms with Crippen LogP contribution in [-0.2, 0) is 11.3 Å². The van der Waals surface area contributed by atoms with Crippen LogP contribution >= 0.6 is 11.3 Å². The number of carbonyl (C=O) groups is 1. The number of fused-ring (bicyclic) bond motifs is 1. The lowest BCUT2D eigenvalue weighted by atomic mass is 10.1. The first-order valence-electron chi connectivity index (χ1n) is 9.49. The first-order chi connectivity index (χ1) is 14.5. The number of thiophene rings is 1. The highest BCUT2D eigenvalue weighted by atomic mass is 32.1. The molecule has 1 amide bonds. The summed E-state index contributed by atoms with van der Waals surface area (Å²) in [7, 11) is 1.61. The van der Waals surface area contributed by atoms with Gasteiger partial charge in [-0.15, -0.1) is 11.3 Å². The van der Waals surface area contributed by atoms with Crippen molar-refractivity contribution in [3.63, 3.8) is 0 Å². The molecule has 0 atom stereocenters. The first-order valence-corrected chi connectivity index (χ1v) is 10.4. The fourth-order valence-corrected chi connectivity index (χ4v) is 4.40. The van der Waals surface area contributed by atoms with Crippen molar-refractivity contribution in [2.24, 2.45) is 5.73 Å². The Morgan fingerprint density at radius 2 is 1.93 bits per heavy atom. The van der Waals surface area contributed by atoms with E-state index in [1.807, 2.05) is 60.8 Å². The minimum absolute atomic E-state index is 0.0601. The molecule has 0 unspecified atom stereocenters. The zero-order valence-electron chi connectivity index (χ0n) is 16.7. The van der Waals surface area contributed by atoms with Gasteiger partial charge in [0.05, 0.1) is 12.5 Å². The van der Waals surface area contributed by atoms with E-state index in [2.05, 4.69) is 0 Å². The van der Waals surface area contributed by atoms with Crippen LogP contribution in [0, 0.1) is 6.92 Å². The van der Waals surface area contributed by atoms with Crippen LogP contribution in [0.25, 0.3) is 32.7 Å². The fourth-order valence-electron chi connectivity index (χ4n) is 3.46. The third kappa shape index (κ3) is 3.71. The average Bonchev–Trinajstić information content (AvgIpc) is 3.17. The van der Waals surface area contributed by atoms with Crippen molar-refractivity contribution in [2.45, 2.75) is 19.9 Å². The summed E-state index contributed by atoms with van der Waals surface area (Å²) in [5, 5.41) is 2.47. The molecule has 4 aromatic rings. The summed E-state index contributed by atoms with van der Waals surface area (Å²) >= 11 is 1.43. The maximum atomic E-state index is 13.6. The molecule has 2 aromatic heterocycles. The van der Waals surface area contributed by atoms with Crippen LogP contribution in [0.1, 0.15) is 12.0 Å². The van der Waals surface area contributed by atoms with Gasteiger partial charge in [-0.3, -0.25) is 14.2 Å². The van der Waals surface area contributed by atoms with E-state index in [9.17, 15) is 9.59 Å². The number of hydrogen-bond acceptors (Lipinski definition) is 5. The van der Waals surface area contributed by atoms with Gasteiger partial charge in [0.25, 0.3) is 5.56 Å². The third-order valence-corrected chi connectivity index (χ3v) is 5.80. The van der Waals surface area contributed by atoms with Crippen molar-refractivity contribution in [1.29, 1.82) is 0 Å². The number of rotatable bonds is 6. The smallest absolute Gasteiger partial charge is 0.263 e. The van der Waals surface area contributed by atoms with Gasteiger partial charge in [-0.25, -0.2) is 4.98 Å². The van der Waals surface area contributed by atoms with Crippen molar-refractivity contribution < 1.29 is 9.53 Å². The average molecular weight is 420 g/mol. The SMILES string of the molecule is COc1cccc(-c2csc3nc(-c4cccc(C)c4)n(CCC(N)=O)c(=O)c23)c1. The molecule has 0 aliphatic carbocycles. The number of hydrogen-bond donors (Lipinski definition) is 1. The Labute approximate surface area is 177 Å². The second-order valence-corrected chi connectivity index (χ2v) is 7.90. The molecule has 0 saturated heterocycles. The number of ether oxygens (including phenoxy) is 1. The van der Waals surface area contributed by atoms with Crippen molar-refractivity contribution in [3.8, 4) is 28.3 Å². The van der Waals surface area contributed by atoms with Crippen molar-refractivity contribution in [3.05, 3.63) is 69.8 Å². The van der Waals surface area contributed by atoms with Gasteiger partial charge in [0.15, 0.2) is 0 Å². The van der Waals surface area contributed by atoms with Gasteiger partial charge in [0.1, 0.15) is 16.4 Å². The van der Waals surface area contributed by atoms with Crippen LogP contribution in [0.4, 0.5) is 0 Å². The first kappa shape index (κ1) is 19.8. The maximum Gasteiger partial charge on any atom is 0.263 e. The van der Waals surface area contributed by atoms with E-state index in [0.717, 1.165) is 22.3 Å². The minimum Gasteiger partial charge on any atom is -0.497 e. The zero-order chi connectivity index (χ0) is 21.3. The monoisotopic (exact) mass is 419 g/mol. The summed E-state index contributed by atoms with van der Waals surface area (Å²) in [5.41, 5.74) is 8.75. The third-order valence-electron chi connectivity index (χ3n) is 4.93. The lowest BCUT2D eigenvalue weighted by Gasteiger charge is -2.13. The van der Waals surface area contributed by atoms with E-state index in [0.29, 0.717) is 21.8 Å². The number of primary amides is 1. The highest BCUT2D eigenvalue weighted by Gasteiger charge is 2.19. The minimum atomic E-state index is -0.462. The summed E-state index contributed by atoms with van der Waals surface area (Å²) in [6.45, 7) is 2.16. The molecule has 0 bridgehead atoms. The van der Waals surface area contributed by atoms with Gasteiger partial charge in [0.2, 0.25) is 5.91 Å². The molecule has 2 aromatic carbocycles. The second-order valence-electron chi connectivity index (χ2n) is 7.04. The summed E-state index contributed by atoms with van der Waals surface area (Å²) in [6, 6.07) is 15.4. The zero-order valence-corrected chi connectivity index (χ0v) is 17.5. The van der Waals surface area contributed by atoms with Gasteiger partial charge < -0.3 is 10.5 Å². The largest absolute Gasteiger partial charge is 0.497 e. The van der Waals surface area contributed by atoms with E-state index >= 15 is 0 Å². The number of aryl methyl sites for hydroxylation is 1.